The maximum atomic E-state index is 3.67. The van der Waals surface area contributed by atoms with Crippen LogP contribution in [-0.4, -0.2) is 37.6 Å². The number of likely N-dealkylation sites (N-methyl/N-ethyl adjacent to an activating group) is 1. The van der Waals surface area contributed by atoms with Crippen LogP contribution in [0.2, 0.25) is 0 Å². The van der Waals surface area contributed by atoms with Gasteiger partial charge in [0.25, 0.3) is 0 Å². The van der Waals surface area contributed by atoms with Gasteiger partial charge in [0.05, 0.1) is 0 Å². The van der Waals surface area contributed by atoms with Gasteiger partial charge in [-0.2, -0.15) is 0 Å². The first-order chi connectivity index (χ1) is 6.72. The van der Waals surface area contributed by atoms with Gasteiger partial charge in [-0.1, -0.05) is 13.8 Å². The van der Waals surface area contributed by atoms with E-state index in [1.807, 2.05) is 0 Å². The van der Waals surface area contributed by atoms with E-state index in [9.17, 15) is 0 Å². The third-order valence-corrected chi connectivity index (χ3v) is 3.48. The summed E-state index contributed by atoms with van der Waals surface area (Å²) in [5.74, 6) is 0.964. The second-order valence-electron chi connectivity index (χ2n) is 4.81. The smallest absolute Gasteiger partial charge is 0.0104 e. The molecule has 1 saturated carbocycles. The van der Waals surface area contributed by atoms with Crippen LogP contribution in [0.5, 0.6) is 0 Å². The lowest BCUT2D eigenvalue weighted by Crippen LogP contribution is -2.37. The highest BCUT2D eigenvalue weighted by Gasteiger charge is 2.16. The van der Waals surface area contributed by atoms with Crippen molar-refractivity contribution in [2.75, 3.05) is 26.7 Å². The second-order valence-corrected chi connectivity index (χ2v) is 4.81. The fraction of sp³-hybridized carbons (Fsp3) is 1.00. The second kappa shape index (κ2) is 6.41. The molecule has 0 unspecified atom stereocenters. The standard InChI is InChI=1S/C12H26N2/c1-4-14(3)10-9-13-12-7-5-11(2)6-8-12/h11-13H,4-10H2,1-3H3. The molecule has 1 rings (SSSR count). The Labute approximate surface area is 89.1 Å². The van der Waals surface area contributed by atoms with E-state index in [4.69, 9.17) is 0 Å². The van der Waals surface area contributed by atoms with Crippen molar-refractivity contribution in [1.29, 1.82) is 0 Å². The van der Waals surface area contributed by atoms with E-state index in [0.29, 0.717) is 0 Å². The van der Waals surface area contributed by atoms with Crippen molar-refractivity contribution in [3.05, 3.63) is 0 Å². The first kappa shape index (κ1) is 12.0. The highest BCUT2D eigenvalue weighted by Crippen LogP contribution is 2.23. The maximum absolute atomic E-state index is 3.67. The Bertz CT molecular complexity index is 139. The SMILES string of the molecule is CCN(C)CCNC1CCC(C)CC1. The zero-order valence-corrected chi connectivity index (χ0v) is 10.1. The Morgan fingerprint density at radius 2 is 1.86 bits per heavy atom. The monoisotopic (exact) mass is 198 g/mol. The van der Waals surface area contributed by atoms with Crippen molar-refractivity contribution >= 4 is 0 Å². The van der Waals surface area contributed by atoms with Crippen LogP contribution in [0.4, 0.5) is 0 Å². The third-order valence-electron chi connectivity index (χ3n) is 3.48. The van der Waals surface area contributed by atoms with Crippen molar-refractivity contribution in [2.45, 2.75) is 45.6 Å². The van der Waals surface area contributed by atoms with Gasteiger partial charge in [0.2, 0.25) is 0 Å². The summed E-state index contributed by atoms with van der Waals surface area (Å²) in [4.78, 5) is 2.36. The molecular formula is C12H26N2. The van der Waals surface area contributed by atoms with Crippen LogP contribution >= 0.6 is 0 Å². The van der Waals surface area contributed by atoms with Crippen LogP contribution in [0.1, 0.15) is 39.5 Å². The van der Waals surface area contributed by atoms with Crippen LogP contribution in [0, 0.1) is 5.92 Å². The summed E-state index contributed by atoms with van der Waals surface area (Å²) < 4.78 is 0. The molecule has 0 aromatic heterocycles. The van der Waals surface area contributed by atoms with Crippen LogP contribution in [0.25, 0.3) is 0 Å². The topological polar surface area (TPSA) is 15.3 Å². The molecule has 1 aliphatic rings. The summed E-state index contributed by atoms with van der Waals surface area (Å²) in [5.41, 5.74) is 0. The highest BCUT2D eigenvalue weighted by atomic mass is 15.1. The lowest BCUT2D eigenvalue weighted by Gasteiger charge is -2.27. The van der Waals surface area contributed by atoms with E-state index >= 15 is 0 Å². The van der Waals surface area contributed by atoms with Gasteiger partial charge in [-0.25, -0.2) is 0 Å². The van der Waals surface area contributed by atoms with Gasteiger partial charge in [-0.3, -0.25) is 0 Å². The van der Waals surface area contributed by atoms with Gasteiger partial charge in [0, 0.05) is 19.1 Å². The van der Waals surface area contributed by atoms with E-state index in [-0.39, 0.29) is 0 Å². The average Bonchev–Trinajstić information content (AvgIpc) is 2.21. The molecule has 0 spiro atoms. The summed E-state index contributed by atoms with van der Waals surface area (Å²) in [5, 5.41) is 3.67. The lowest BCUT2D eigenvalue weighted by atomic mass is 9.87. The van der Waals surface area contributed by atoms with E-state index in [1.165, 1.54) is 32.2 Å². The minimum atomic E-state index is 0.802. The Morgan fingerprint density at radius 3 is 2.43 bits per heavy atom. The first-order valence-electron chi connectivity index (χ1n) is 6.14. The number of hydrogen-bond acceptors (Lipinski definition) is 2. The highest BCUT2D eigenvalue weighted by molar-refractivity contribution is 4.75. The average molecular weight is 198 g/mol. The molecule has 2 heteroatoms. The molecule has 0 heterocycles. The number of nitrogens with one attached hydrogen (secondary N) is 1. The van der Waals surface area contributed by atoms with Gasteiger partial charge in [-0.15, -0.1) is 0 Å². The Morgan fingerprint density at radius 1 is 1.21 bits per heavy atom. The van der Waals surface area contributed by atoms with Gasteiger partial charge in [0.1, 0.15) is 0 Å². The number of rotatable bonds is 5. The molecule has 84 valence electrons. The Kier molecular flexibility index (Phi) is 5.49. The van der Waals surface area contributed by atoms with Crippen LogP contribution in [-0.2, 0) is 0 Å². The Balaban J connectivity index is 2.02. The molecule has 0 atom stereocenters. The van der Waals surface area contributed by atoms with E-state index in [2.05, 4.69) is 31.1 Å². The van der Waals surface area contributed by atoms with Crippen LogP contribution in [0.15, 0.2) is 0 Å². The molecule has 0 saturated heterocycles. The van der Waals surface area contributed by atoms with E-state index in [0.717, 1.165) is 25.0 Å². The fourth-order valence-electron chi connectivity index (χ4n) is 2.08. The van der Waals surface area contributed by atoms with Gasteiger partial charge < -0.3 is 10.2 Å². The van der Waals surface area contributed by atoms with Crippen molar-refractivity contribution in [3.8, 4) is 0 Å². The largest absolute Gasteiger partial charge is 0.313 e. The summed E-state index contributed by atoms with van der Waals surface area (Å²) in [6.45, 7) is 8.08. The minimum Gasteiger partial charge on any atom is -0.313 e. The summed E-state index contributed by atoms with van der Waals surface area (Å²) in [7, 11) is 2.19. The zero-order valence-electron chi connectivity index (χ0n) is 10.1. The molecule has 14 heavy (non-hydrogen) atoms. The van der Waals surface area contributed by atoms with Gasteiger partial charge in [0.15, 0.2) is 0 Å². The van der Waals surface area contributed by atoms with Gasteiger partial charge in [-0.05, 0) is 45.2 Å². The quantitative estimate of drug-likeness (QED) is 0.728. The Hall–Kier alpha value is -0.0800. The lowest BCUT2D eigenvalue weighted by molar-refractivity contribution is 0.286. The zero-order chi connectivity index (χ0) is 10.4. The number of hydrogen-bond donors (Lipinski definition) is 1. The molecule has 0 bridgehead atoms. The van der Waals surface area contributed by atoms with Crippen molar-refractivity contribution in [1.82, 2.24) is 10.2 Å². The molecule has 1 N–H and O–H groups in total. The molecular weight excluding hydrogens is 172 g/mol. The van der Waals surface area contributed by atoms with E-state index in [1.54, 1.807) is 0 Å². The molecule has 2 nitrogen and oxygen atoms in total. The van der Waals surface area contributed by atoms with E-state index < -0.39 is 0 Å². The molecule has 0 amide bonds. The maximum Gasteiger partial charge on any atom is 0.0104 e. The molecule has 0 aliphatic heterocycles. The third kappa shape index (κ3) is 4.43. The molecule has 0 radical (unpaired) electrons. The molecule has 0 aromatic rings. The summed E-state index contributed by atoms with van der Waals surface area (Å²) in [6.07, 6.45) is 5.61. The minimum absolute atomic E-state index is 0.802. The predicted molar refractivity (Wildman–Crippen MR) is 62.6 cm³/mol. The molecule has 1 fully saturated rings. The van der Waals surface area contributed by atoms with Crippen LogP contribution in [0.3, 0.4) is 0 Å². The van der Waals surface area contributed by atoms with Crippen molar-refractivity contribution < 1.29 is 0 Å². The van der Waals surface area contributed by atoms with Crippen molar-refractivity contribution in [2.24, 2.45) is 5.92 Å². The fourth-order valence-corrected chi connectivity index (χ4v) is 2.08. The number of nitrogens with zero attached hydrogens (tertiary/aromatic N) is 1. The summed E-state index contributed by atoms with van der Waals surface area (Å²) in [6, 6.07) is 0.802. The normalized spacial score (nSPS) is 28.3. The first-order valence-corrected chi connectivity index (χ1v) is 6.14. The van der Waals surface area contributed by atoms with Crippen molar-refractivity contribution in [3.63, 3.8) is 0 Å². The predicted octanol–water partition coefficient (Wildman–Crippen LogP) is 2.11. The molecule has 0 aromatic carbocycles. The van der Waals surface area contributed by atoms with Gasteiger partial charge >= 0.3 is 0 Å². The van der Waals surface area contributed by atoms with Crippen LogP contribution < -0.4 is 5.32 Å². The molecule has 1 aliphatic carbocycles. The summed E-state index contributed by atoms with van der Waals surface area (Å²) >= 11 is 0.